The van der Waals surface area contributed by atoms with Crippen molar-refractivity contribution >= 4 is 34.0 Å². The van der Waals surface area contributed by atoms with Crippen molar-refractivity contribution in [2.45, 2.75) is 19.9 Å². The monoisotopic (exact) mass is 539 g/mol. The predicted octanol–water partition coefficient (Wildman–Crippen LogP) is 6.11. The van der Waals surface area contributed by atoms with E-state index in [9.17, 15) is 15.2 Å². The number of anilines is 1. The number of nitriles is 1. The van der Waals surface area contributed by atoms with Crippen LogP contribution in [-0.4, -0.2) is 38.9 Å². The van der Waals surface area contributed by atoms with Crippen molar-refractivity contribution in [1.82, 2.24) is 14.3 Å². The van der Waals surface area contributed by atoms with Crippen LogP contribution in [0.2, 0.25) is 5.02 Å². The Morgan fingerprint density at radius 2 is 1.87 bits per heavy atom. The van der Waals surface area contributed by atoms with Gasteiger partial charge in [-0.15, -0.1) is 0 Å². The molecule has 2 N–H and O–H groups in total. The molecule has 0 spiro atoms. The molecular weight excluding hydrogens is 514 g/mol. The van der Waals surface area contributed by atoms with Crippen molar-refractivity contribution in [1.29, 1.82) is 5.26 Å². The molecule has 196 valence electrons. The van der Waals surface area contributed by atoms with E-state index in [2.05, 4.69) is 16.5 Å². The highest BCUT2D eigenvalue weighted by Gasteiger charge is 2.25. The molecular formula is C30H26ClN5O3. The van der Waals surface area contributed by atoms with Crippen LogP contribution >= 0.6 is 11.6 Å². The maximum absolute atomic E-state index is 13.4. The molecule has 0 unspecified atom stereocenters. The van der Waals surface area contributed by atoms with E-state index in [1.54, 1.807) is 52.8 Å². The fourth-order valence-corrected chi connectivity index (χ4v) is 4.57. The normalized spacial score (nSPS) is 10.9. The summed E-state index contributed by atoms with van der Waals surface area (Å²) in [5, 5.41) is 30.8. The number of ketones is 1. The van der Waals surface area contributed by atoms with E-state index in [1.807, 2.05) is 43.5 Å². The number of carbonyl (C=O) groups excluding carboxylic acids is 1. The summed E-state index contributed by atoms with van der Waals surface area (Å²) in [6, 6.07) is 21.9. The highest BCUT2D eigenvalue weighted by atomic mass is 35.5. The zero-order valence-electron chi connectivity index (χ0n) is 21.5. The van der Waals surface area contributed by atoms with E-state index in [0.717, 1.165) is 22.1 Å². The number of nitrogens with one attached hydrogen (secondary N) is 1. The molecule has 0 amide bonds. The smallest absolute Gasteiger partial charge is 0.214 e. The number of hydrogen-bond acceptors (Lipinski definition) is 6. The molecule has 0 aliphatic heterocycles. The van der Waals surface area contributed by atoms with Crippen LogP contribution in [0.4, 0.5) is 5.82 Å². The number of fused-ring (bicyclic) bond motifs is 1. The van der Waals surface area contributed by atoms with Crippen molar-refractivity contribution in [2.24, 2.45) is 0 Å². The Morgan fingerprint density at radius 3 is 2.56 bits per heavy atom. The molecule has 0 aliphatic carbocycles. The number of aromatic hydroxyl groups is 1. The van der Waals surface area contributed by atoms with Gasteiger partial charge in [0.05, 0.1) is 12.8 Å². The summed E-state index contributed by atoms with van der Waals surface area (Å²) in [6.07, 6.45) is 2.51. The second-order valence-corrected chi connectivity index (χ2v) is 9.58. The number of hydrogen-bond donors (Lipinski definition) is 2. The maximum Gasteiger partial charge on any atom is 0.214 e. The first-order valence-electron chi connectivity index (χ1n) is 12.4. The SMILES string of the molecule is COc1ccc2c(O)n(CCCNc3c(C#N)c(C(=O)c4ccc(C)cc4)nn3-c3ccc(Cl)cc3)cc2c1. The Morgan fingerprint density at radius 1 is 1.13 bits per heavy atom. The number of rotatable bonds is 9. The molecule has 3 aromatic carbocycles. The van der Waals surface area contributed by atoms with E-state index in [-0.39, 0.29) is 22.9 Å². The van der Waals surface area contributed by atoms with Gasteiger partial charge in [0.25, 0.3) is 0 Å². The van der Waals surface area contributed by atoms with Crippen molar-refractivity contribution in [3.8, 4) is 23.4 Å². The van der Waals surface area contributed by atoms with Gasteiger partial charge in [-0.2, -0.15) is 10.4 Å². The molecule has 9 heteroatoms. The summed E-state index contributed by atoms with van der Waals surface area (Å²) in [5.74, 6) is 0.989. The third kappa shape index (κ3) is 5.17. The molecule has 0 radical (unpaired) electrons. The Balaban J connectivity index is 1.41. The molecule has 0 fully saturated rings. The zero-order chi connectivity index (χ0) is 27.5. The van der Waals surface area contributed by atoms with Crippen molar-refractivity contribution < 1.29 is 14.6 Å². The van der Waals surface area contributed by atoms with Gasteiger partial charge in [0, 0.05) is 40.6 Å². The van der Waals surface area contributed by atoms with Crippen LogP contribution in [0, 0.1) is 18.3 Å². The molecule has 2 aromatic heterocycles. The van der Waals surface area contributed by atoms with Gasteiger partial charge in [0.2, 0.25) is 5.78 Å². The van der Waals surface area contributed by atoms with E-state index in [0.29, 0.717) is 41.6 Å². The van der Waals surface area contributed by atoms with Gasteiger partial charge in [-0.1, -0.05) is 41.4 Å². The summed E-state index contributed by atoms with van der Waals surface area (Å²) in [6.45, 7) is 2.94. The van der Waals surface area contributed by atoms with Crippen LogP contribution in [-0.2, 0) is 6.54 Å². The zero-order valence-corrected chi connectivity index (χ0v) is 22.2. The second kappa shape index (κ2) is 10.9. The van der Waals surface area contributed by atoms with Crippen LogP contribution in [0.25, 0.3) is 16.5 Å². The summed E-state index contributed by atoms with van der Waals surface area (Å²) < 4.78 is 8.62. The van der Waals surface area contributed by atoms with E-state index < -0.39 is 0 Å². The molecule has 0 saturated heterocycles. The van der Waals surface area contributed by atoms with Gasteiger partial charge in [-0.05, 0) is 55.8 Å². The minimum atomic E-state index is -0.332. The van der Waals surface area contributed by atoms with Crippen molar-refractivity contribution in [3.63, 3.8) is 0 Å². The molecule has 0 aliphatic rings. The molecule has 5 aromatic rings. The number of halogens is 1. The lowest BCUT2D eigenvalue weighted by atomic mass is 10.0. The number of aromatic nitrogens is 3. The molecule has 0 bridgehead atoms. The van der Waals surface area contributed by atoms with Crippen LogP contribution in [0.15, 0.2) is 72.9 Å². The Bertz CT molecular complexity index is 1700. The van der Waals surface area contributed by atoms with E-state index in [1.165, 1.54) is 0 Å². The maximum atomic E-state index is 13.4. The third-order valence-corrected chi connectivity index (χ3v) is 6.78. The first kappa shape index (κ1) is 25.9. The van der Waals surface area contributed by atoms with Gasteiger partial charge < -0.3 is 19.7 Å². The predicted molar refractivity (Wildman–Crippen MR) is 151 cm³/mol. The number of ether oxygens (including phenoxy) is 1. The summed E-state index contributed by atoms with van der Waals surface area (Å²) in [7, 11) is 1.60. The first-order chi connectivity index (χ1) is 18.9. The number of methoxy groups -OCH3 is 1. The fraction of sp³-hybridized carbons (Fsp3) is 0.167. The number of nitrogens with zero attached hydrogens (tertiary/aromatic N) is 4. The quantitative estimate of drug-likeness (QED) is 0.173. The molecule has 0 atom stereocenters. The minimum Gasteiger partial charge on any atom is -0.497 e. The van der Waals surface area contributed by atoms with Crippen LogP contribution in [0.5, 0.6) is 11.6 Å². The van der Waals surface area contributed by atoms with Crippen molar-refractivity contribution in [3.05, 3.63) is 100 Å². The standard InChI is InChI=1S/C30H26ClN5O3/c1-19-4-6-20(7-5-19)28(37)27-26(17-32)29(36(34-27)23-10-8-22(31)9-11-23)33-14-3-15-35-18-21-16-24(39-2)12-13-25(21)30(35)38/h4-13,16,18,33,38H,3,14-15H2,1-2H3. The lowest BCUT2D eigenvalue weighted by Crippen LogP contribution is -2.11. The lowest BCUT2D eigenvalue weighted by Gasteiger charge is -2.11. The van der Waals surface area contributed by atoms with Crippen LogP contribution < -0.4 is 10.1 Å². The second-order valence-electron chi connectivity index (χ2n) is 9.15. The molecule has 39 heavy (non-hydrogen) atoms. The number of aryl methyl sites for hydroxylation is 2. The van der Waals surface area contributed by atoms with Gasteiger partial charge in [-0.25, -0.2) is 4.68 Å². The number of carbonyl (C=O) groups is 1. The lowest BCUT2D eigenvalue weighted by molar-refractivity contribution is 0.103. The molecule has 5 rings (SSSR count). The average molecular weight is 540 g/mol. The molecule has 0 saturated carbocycles. The molecule has 8 nitrogen and oxygen atoms in total. The summed E-state index contributed by atoms with van der Waals surface area (Å²) in [4.78, 5) is 13.4. The van der Waals surface area contributed by atoms with E-state index >= 15 is 0 Å². The summed E-state index contributed by atoms with van der Waals surface area (Å²) in [5.41, 5.74) is 2.38. The summed E-state index contributed by atoms with van der Waals surface area (Å²) >= 11 is 6.08. The van der Waals surface area contributed by atoms with Crippen molar-refractivity contribution in [2.75, 3.05) is 19.0 Å². The van der Waals surface area contributed by atoms with Crippen LogP contribution in [0.1, 0.15) is 33.6 Å². The number of benzene rings is 3. The Labute approximate surface area is 230 Å². The van der Waals surface area contributed by atoms with Crippen LogP contribution in [0.3, 0.4) is 0 Å². The van der Waals surface area contributed by atoms with Gasteiger partial charge in [-0.3, -0.25) is 4.79 Å². The fourth-order valence-electron chi connectivity index (χ4n) is 4.45. The van der Waals surface area contributed by atoms with Gasteiger partial charge in [0.1, 0.15) is 23.2 Å². The highest BCUT2D eigenvalue weighted by Crippen LogP contribution is 2.31. The largest absolute Gasteiger partial charge is 0.497 e. The minimum absolute atomic E-state index is 0.0713. The van der Waals surface area contributed by atoms with Gasteiger partial charge in [0.15, 0.2) is 11.6 Å². The Kier molecular flexibility index (Phi) is 7.26. The molecule has 2 heterocycles. The average Bonchev–Trinajstić information content (AvgIpc) is 3.48. The topological polar surface area (TPSA) is 105 Å². The van der Waals surface area contributed by atoms with E-state index in [4.69, 9.17) is 16.3 Å². The van der Waals surface area contributed by atoms with Gasteiger partial charge >= 0.3 is 0 Å². The highest BCUT2D eigenvalue weighted by molar-refractivity contribution is 6.30. The third-order valence-electron chi connectivity index (χ3n) is 6.53. The Hall–Kier alpha value is -4.74. The first-order valence-corrected chi connectivity index (χ1v) is 12.8.